The summed E-state index contributed by atoms with van der Waals surface area (Å²) in [7, 11) is 4.98. The van der Waals surface area contributed by atoms with E-state index in [0.717, 1.165) is 36.6 Å². The molecule has 7 heteroatoms. The van der Waals surface area contributed by atoms with E-state index in [0.29, 0.717) is 17.2 Å². The predicted molar refractivity (Wildman–Crippen MR) is 126 cm³/mol. The van der Waals surface area contributed by atoms with Gasteiger partial charge in [-0.1, -0.05) is 18.2 Å². The highest BCUT2D eigenvalue weighted by Gasteiger charge is 2.30. The molecule has 1 aliphatic heterocycles. The molecule has 1 atom stereocenters. The van der Waals surface area contributed by atoms with E-state index in [-0.39, 0.29) is 11.9 Å². The minimum atomic E-state index is -0.0473. The molecule has 1 aromatic heterocycles. The maximum absolute atomic E-state index is 12.7. The Hall–Kier alpha value is -3.03. The van der Waals surface area contributed by atoms with Gasteiger partial charge in [-0.25, -0.2) is 0 Å². The Morgan fingerprint density at radius 1 is 1.06 bits per heavy atom. The number of hydrogen-bond acceptors (Lipinski definition) is 6. The molecule has 4 rings (SSSR count). The Labute approximate surface area is 192 Å². The second-order valence-electron chi connectivity index (χ2n) is 7.68. The number of hydrogen-bond donors (Lipinski definition) is 1. The molecule has 2 aromatic carbocycles. The fourth-order valence-corrected chi connectivity index (χ4v) is 4.84. The van der Waals surface area contributed by atoms with Crippen LogP contribution >= 0.6 is 11.3 Å². The number of thiophene rings is 1. The van der Waals surface area contributed by atoms with Gasteiger partial charge in [0.05, 0.1) is 32.2 Å². The molecule has 1 N–H and O–H groups in total. The standard InChI is InChI=1S/C25H28N2O4S/c1-29-19-7-4-6-17(12-19)16-27-10-9-18-13-22(30-2)23(31-3)14-20(18)21(27)15-26-25(28)24-8-5-11-32-24/h4-8,11-14,21H,9-10,15-16H2,1-3H3,(H,26,28)/t21-/m0/s1. The third-order valence-corrected chi connectivity index (χ3v) is 6.70. The molecule has 3 aromatic rings. The zero-order valence-electron chi connectivity index (χ0n) is 18.6. The lowest BCUT2D eigenvalue weighted by Crippen LogP contribution is -2.41. The van der Waals surface area contributed by atoms with Gasteiger partial charge >= 0.3 is 0 Å². The number of methoxy groups -OCH3 is 3. The third-order valence-electron chi connectivity index (χ3n) is 5.83. The van der Waals surface area contributed by atoms with Gasteiger partial charge in [0.25, 0.3) is 5.91 Å². The number of carbonyl (C=O) groups is 1. The molecule has 6 nitrogen and oxygen atoms in total. The SMILES string of the molecule is COc1cccc(CN2CCc3cc(OC)c(OC)cc3[C@@H]2CNC(=O)c2cccs2)c1. The van der Waals surface area contributed by atoms with Crippen LogP contribution in [0.15, 0.2) is 53.9 Å². The van der Waals surface area contributed by atoms with Crippen LogP contribution < -0.4 is 19.5 Å². The Morgan fingerprint density at radius 3 is 2.59 bits per heavy atom. The smallest absolute Gasteiger partial charge is 0.261 e. The van der Waals surface area contributed by atoms with Crippen LogP contribution in [0.3, 0.4) is 0 Å². The maximum atomic E-state index is 12.7. The zero-order chi connectivity index (χ0) is 22.5. The number of carbonyl (C=O) groups excluding carboxylic acids is 1. The van der Waals surface area contributed by atoms with E-state index < -0.39 is 0 Å². The first-order valence-electron chi connectivity index (χ1n) is 10.6. The molecular formula is C25H28N2O4S. The Bertz CT molecular complexity index is 1070. The van der Waals surface area contributed by atoms with Gasteiger partial charge < -0.3 is 19.5 Å². The minimum absolute atomic E-state index is 0.00803. The van der Waals surface area contributed by atoms with Crippen LogP contribution in [0.2, 0.25) is 0 Å². The van der Waals surface area contributed by atoms with E-state index in [1.54, 1.807) is 21.3 Å². The fraction of sp³-hybridized carbons (Fsp3) is 0.320. The van der Waals surface area contributed by atoms with Crippen LogP contribution in [0.5, 0.6) is 17.2 Å². The molecule has 0 saturated heterocycles. The number of amides is 1. The van der Waals surface area contributed by atoms with Crippen LogP contribution in [0.4, 0.5) is 0 Å². The average molecular weight is 453 g/mol. The van der Waals surface area contributed by atoms with Gasteiger partial charge in [0.1, 0.15) is 5.75 Å². The average Bonchev–Trinajstić information content (AvgIpc) is 3.37. The molecular weight excluding hydrogens is 424 g/mol. The molecule has 0 saturated carbocycles. The molecule has 1 aliphatic rings. The quantitative estimate of drug-likeness (QED) is 0.552. The Morgan fingerprint density at radius 2 is 1.88 bits per heavy atom. The van der Waals surface area contributed by atoms with Crippen LogP contribution in [-0.2, 0) is 13.0 Å². The van der Waals surface area contributed by atoms with Crippen LogP contribution in [0, 0.1) is 0 Å². The first-order chi connectivity index (χ1) is 15.6. The van der Waals surface area contributed by atoms with Crippen molar-refractivity contribution in [2.45, 2.75) is 19.0 Å². The van der Waals surface area contributed by atoms with Gasteiger partial charge in [-0.15, -0.1) is 11.3 Å². The van der Waals surface area contributed by atoms with Gasteiger partial charge in [-0.05, 0) is 58.8 Å². The molecule has 0 bridgehead atoms. The van der Waals surface area contributed by atoms with Crippen LogP contribution in [0.1, 0.15) is 32.4 Å². The summed E-state index contributed by atoms with van der Waals surface area (Å²) in [5.41, 5.74) is 3.55. The summed E-state index contributed by atoms with van der Waals surface area (Å²) >= 11 is 1.45. The zero-order valence-corrected chi connectivity index (χ0v) is 19.4. The summed E-state index contributed by atoms with van der Waals surface area (Å²) in [6.07, 6.45) is 0.898. The van der Waals surface area contributed by atoms with Gasteiger partial charge in [0, 0.05) is 19.6 Å². The normalized spacial score (nSPS) is 15.7. The van der Waals surface area contributed by atoms with E-state index in [1.807, 2.05) is 35.7 Å². The van der Waals surface area contributed by atoms with Crippen molar-refractivity contribution < 1.29 is 19.0 Å². The van der Waals surface area contributed by atoms with Crippen molar-refractivity contribution in [3.63, 3.8) is 0 Å². The molecule has 0 aliphatic carbocycles. The number of rotatable bonds is 8. The molecule has 0 spiro atoms. The van der Waals surface area contributed by atoms with Crippen molar-refractivity contribution in [1.82, 2.24) is 10.2 Å². The van der Waals surface area contributed by atoms with Gasteiger partial charge in [-0.3, -0.25) is 9.69 Å². The second-order valence-corrected chi connectivity index (χ2v) is 8.63. The lowest BCUT2D eigenvalue weighted by atomic mass is 9.91. The first-order valence-corrected chi connectivity index (χ1v) is 11.4. The first kappa shape index (κ1) is 22.2. The third kappa shape index (κ3) is 4.74. The van der Waals surface area contributed by atoms with Gasteiger partial charge in [-0.2, -0.15) is 0 Å². The summed E-state index contributed by atoms with van der Waals surface area (Å²) in [6.45, 7) is 2.13. The van der Waals surface area contributed by atoms with Gasteiger partial charge in [0.15, 0.2) is 11.5 Å². The van der Waals surface area contributed by atoms with Crippen LogP contribution in [0.25, 0.3) is 0 Å². The van der Waals surface area contributed by atoms with Crippen molar-refractivity contribution in [2.24, 2.45) is 0 Å². The summed E-state index contributed by atoms with van der Waals surface area (Å²) < 4.78 is 16.5. The molecule has 0 unspecified atom stereocenters. The summed E-state index contributed by atoms with van der Waals surface area (Å²) in [5.74, 6) is 2.22. The number of ether oxygens (including phenoxy) is 3. The lowest BCUT2D eigenvalue weighted by Gasteiger charge is -2.38. The molecule has 32 heavy (non-hydrogen) atoms. The monoisotopic (exact) mass is 452 g/mol. The maximum Gasteiger partial charge on any atom is 0.261 e. The second kappa shape index (κ2) is 10.1. The van der Waals surface area contributed by atoms with Crippen molar-refractivity contribution in [1.29, 1.82) is 0 Å². The summed E-state index contributed by atoms with van der Waals surface area (Å²) in [6, 6.07) is 16.0. The molecule has 0 fully saturated rings. The minimum Gasteiger partial charge on any atom is -0.497 e. The summed E-state index contributed by atoms with van der Waals surface area (Å²) in [5, 5.41) is 5.05. The van der Waals surface area contributed by atoms with Crippen molar-refractivity contribution >= 4 is 17.2 Å². The predicted octanol–water partition coefficient (Wildman–Crippen LogP) is 4.30. The number of nitrogens with zero attached hydrogens (tertiary/aromatic N) is 1. The fourth-order valence-electron chi connectivity index (χ4n) is 4.20. The Balaban J connectivity index is 1.63. The van der Waals surface area contributed by atoms with E-state index in [4.69, 9.17) is 14.2 Å². The molecule has 2 heterocycles. The number of fused-ring (bicyclic) bond motifs is 1. The van der Waals surface area contributed by atoms with Crippen molar-refractivity contribution in [3.05, 3.63) is 75.5 Å². The molecule has 168 valence electrons. The largest absolute Gasteiger partial charge is 0.497 e. The van der Waals surface area contributed by atoms with Crippen LogP contribution in [-0.4, -0.2) is 45.2 Å². The van der Waals surface area contributed by atoms with Gasteiger partial charge in [0.2, 0.25) is 0 Å². The summed E-state index contributed by atoms with van der Waals surface area (Å²) in [4.78, 5) is 15.8. The lowest BCUT2D eigenvalue weighted by molar-refractivity contribution is 0.0930. The van der Waals surface area contributed by atoms with E-state index in [9.17, 15) is 4.79 Å². The van der Waals surface area contributed by atoms with Crippen molar-refractivity contribution in [2.75, 3.05) is 34.4 Å². The van der Waals surface area contributed by atoms with E-state index in [2.05, 4.69) is 28.4 Å². The number of benzene rings is 2. The highest BCUT2D eigenvalue weighted by molar-refractivity contribution is 7.12. The topological polar surface area (TPSA) is 60.0 Å². The van der Waals surface area contributed by atoms with E-state index >= 15 is 0 Å². The Kier molecular flexibility index (Phi) is 6.97. The van der Waals surface area contributed by atoms with Crippen molar-refractivity contribution in [3.8, 4) is 17.2 Å². The molecule has 0 radical (unpaired) electrons. The highest BCUT2D eigenvalue weighted by atomic mass is 32.1. The molecule has 1 amide bonds. The number of nitrogens with one attached hydrogen (secondary N) is 1. The van der Waals surface area contributed by atoms with E-state index in [1.165, 1.54) is 22.5 Å². The highest BCUT2D eigenvalue weighted by Crippen LogP contribution is 2.38.